The fourth-order valence-corrected chi connectivity index (χ4v) is 4.07. The lowest BCUT2D eigenvalue weighted by molar-refractivity contribution is -0.119. The van der Waals surface area contributed by atoms with E-state index in [0.29, 0.717) is 24.5 Å². The number of piperidine rings is 1. The smallest absolute Gasteiger partial charge is 0.245 e. The molecule has 1 aromatic rings. The first-order chi connectivity index (χ1) is 10.3. The second-order valence-electron chi connectivity index (χ2n) is 5.65. The van der Waals surface area contributed by atoms with Crippen LogP contribution in [-0.4, -0.2) is 45.5 Å². The molecule has 1 heterocycles. The van der Waals surface area contributed by atoms with Crippen molar-refractivity contribution >= 4 is 21.4 Å². The van der Waals surface area contributed by atoms with Crippen molar-refractivity contribution in [3.8, 4) is 5.75 Å². The number of anilines is 1. The van der Waals surface area contributed by atoms with Crippen molar-refractivity contribution in [3.63, 3.8) is 0 Å². The van der Waals surface area contributed by atoms with Crippen LogP contribution in [0.25, 0.3) is 0 Å². The van der Waals surface area contributed by atoms with Gasteiger partial charge in [0.15, 0.2) is 14.6 Å². The molecule has 0 atom stereocenters. The summed E-state index contributed by atoms with van der Waals surface area (Å²) in [6, 6.07) is 5.26. The predicted octanol–water partition coefficient (Wildman–Crippen LogP) is 1.11. The van der Waals surface area contributed by atoms with Crippen LogP contribution in [0.5, 0.6) is 5.75 Å². The molecule has 22 heavy (non-hydrogen) atoms. The molecule has 2 rings (SSSR count). The van der Waals surface area contributed by atoms with E-state index in [4.69, 9.17) is 4.74 Å². The van der Waals surface area contributed by atoms with Crippen LogP contribution in [0.2, 0.25) is 0 Å². The number of aryl methyl sites for hydroxylation is 1. The van der Waals surface area contributed by atoms with Gasteiger partial charge in [0.1, 0.15) is 5.75 Å². The maximum absolute atomic E-state index is 12.7. The molecule has 0 aliphatic carbocycles. The molecule has 7 heteroatoms. The average Bonchev–Trinajstić information content (AvgIpc) is 2.48. The number of carbonyl (C=O) groups excluding carboxylic acids is 1. The van der Waals surface area contributed by atoms with Crippen LogP contribution >= 0.6 is 0 Å². The summed E-state index contributed by atoms with van der Waals surface area (Å²) in [7, 11) is -1.94. The Labute approximate surface area is 131 Å². The zero-order chi connectivity index (χ0) is 16.4. The minimum atomic E-state index is -3.51. The van der Waals surface area contributed by atoms with Gasteiger partial charge in [0.25, 0.3) is 0 Å². The number of sulfone groups is 1. The average molecular weight is 326 g/mol. The van der Waals surface area contributed by atoms with Crippen LogP contribution in [0.3, 0.4) is 0 Å². The Morgan fingerprint density at radius 3 is 2.45 bits per heavy atom. The van der Waals surface area contributed by atoms with Gasteiger partial charge >= 0.3 is 0 Å². The van der Waals surface area contributed by atoms with Gasteiger partial charge in [-0.2, -0.15) is 0 Å². The normalized spacial score (nSPS) is 17.8. The van der Waals surface area contributed by atoms with Gasteiger partial charge in [0.05, 0.1) is 7.11 Å². The SMILES string of the molecule is COc1ccc(NC(=O)C2(S(C)(=O)=O)CCNCC2)c(C)c1. The second-order valence-corrected chi connectivity index (χ2v) is 7.98. The van der Waals surface area contributed by atoms with Crippen LogP contribution < -0.4 is 15.4 Å². The molecular weight excluding hydrogens is 304 g/mol. The van der Waals surface area contributed by atoms with Gasteiger partial charge in [-0.1, -0.05) is 0 Å². The molecule has 0 saturated carbocycles. The lowest BCUT2D eigenvalue weighted by Gasteiger charge is -2.34. The lowest BCUT2D eigenvalue weighted by Crippen LogP contribution is -2.55. The predicted molar refractivity (Wildman–Crippen MR) is 86.0 cm³/mol. The molecule has 0 bridgehead atoms. The Hall–Kier alpha value is -1.60. The summed E-state index contributed by atoms with van der Waals surface area (Å²) < 4.78 is 28.2. The van der Waals surface area contributed by atoms with Gasteiger partial charge in [-0.05, 0) is 56.6 Å². The van der Waals surface area contributed by atoms with Gasteiger partial charge in [-0.25, -0.2) is 8.42 Å². The molecule has 122 valence electrons. The first kappa shape index (κ1) is 16.8. The van der Waals surface area contributed by atoms with Crippen molar-refractivity contribution in [1.29, 1.82) is 0 Å². The molecule has 2 N–H and O–H groups in total. The molecule has 1 fully saturated rings. The van der Waals surface area contributed by atoms with Crippen molar-refractivity contribution < 1.29 is 17.9 Å². The molecule has 0 spiro atoms. The van der Waals surface area contributed by atoms with Crippen molar-refractivity contribution in [2.45, 2.75) is 24.5 Å². The number of carbonyl (C=O) groups is 1. The summed E-state index contributed by atoms with van der Waals surface area (Å²) in [5, 5.41) is 5.87. The quantitative estimate of drug-likeness (QED) is 0.866. The molecule has 0 unspecified atom stereocenters. The minimum absolute atomic E-state index is 0.285. The maximum Gasteiger partial charge on any atom is 0.245 e. The topological polar surface area (TPSA) is 84.5 Å². The summed E-state index contributed by atoms with van der Waals surface area (Å²) in [5.41, 5.74) is 1.43. The summed E-state index contributed by atoms with van der Waals surface area (Å²) in [5.74, 6) is 0.236. The number of ether oxygens (including phenoxy) is 1. The molecule has 1 aliphatic rings. The van der Waals surface area contributed by atoms with Crippen molar-refractivity contribution in [2.24, 2.45) is 0 Å². The number of benzene rings is 1. The van der Waals surface area contributed by atoms with Gasteiger partial charge < -0.3 is 15.4 Å². The highest BCUT2D eigenvalue weighted by molar-refractivity contribution is 7.92. The van der Waals surface area contributed by atoms with Crippen molar-refractivity contribution in [2.75, 3.05) is 31.8 Å². The summed E-state index contributed by atoms with van der Waals surface area (Å²) >= 11 is 0. The molecule has 1 saturated heterocycles. The molecule has 1 amide bonds. The van der Waals surface area contributed by atoms with Crippen LogP contribution in [-0.2, 0) is 14.6 Å². The Morgan fingerprint density at radius 2 is 1.95 bits per heavy atom. The molecular formula is C15H22N2O4S. The van der Waals surface area contributed by atoms with E-state index in [9.17, 15) is 13.2 Å². The number of rotatable bonds is 4. The number of amides is 1. The highest BCUT2D eigenvalue weighted by Gasteiger charge is 2.48. The monoisotopic (exact) mass is 326 g/mol. The van der Waals surface area contributed by atoms with E-state index in [-0.39, 0.29) is 12.8 Å². The number of nitrogens with one attached hydrogen (secondary N) is 2. The first-order valence-corrected chi connectivity index (χ1v) is 9.06. The van der Waals surface area contributed by atoms with E-state index < -0.39 is 20.5 Å². The summed E-state index contributed by atoms with van der Waals surface area (Å²) in [4.78, 5) is 12.7. The molecule has 1 aromatic carbocycles. The van der Waals surface area contributed by atoms with Crippen LogP contribution in [0, 0.1) is 6.92 Å². The maximum atomic E-state index is 12.7. The van der Waals surface area contributed by atoms with Crippen LogP contribution in [0.15, 0.2) is 18.2 Å². The second kappa shape index (κ2) is 6.26. The van der Waals surface area contributed by atoms with E-state index in [1.54, 1.807) is 25.3 Å². The van der Waals surface area contributed by atoms with Crippen molar-refractivity contribution in [1.82, 2.24) is 5.32 Å². The Bertz CT molecular complexity index is 664. The van der Waals surface area contributed by atoms with E-state index in [1.165, 1.54) is 0 Å². The summed E-state index contributed by atoms with van der Waals surface area (Å²) in [6.45, 7) is 2.87. The highest BCUT2D eigenvalue weighted by atomic mass is 32.2. The molecule has 1 aliphatic heterocycles. The fraction of sp³-hybridized carbons (Fsp3) is 0.533. The molecule has 6 nitrogen and oxygen atoms in total. The standard InChI is InChI=1S/C15H22N2O4S/c1-11-10-12(21-2)4-5-13(11)17-14(18)15(22(3,19)20)6-8-16-9-7-15/h4-5,10,16H,6-9H2,1-3H3,(H,17,18). The number of hydrogen-bond donors (Lipinski definition) is 2. The highest BCUT2D eigenvalue weighted by Crippen LogP contribution is 2.30. The molecule has 0 aromatic heterocycles. The summed E-state index contributed by atoms with van der Waals surface area (Å²) in [6.07, 6.45) is 1.71. The van der Waals surface area contributed by atoms with Gasteiger partial charge in [-0.15, -0.1) is 0 Å². The first-order valence-electron chi connectivity index (χ1n) is 7.16. The largest absolute Gasteiger partial charge is 0.497 e. The van der Waals surface area contributed by atoms with E-state index in [0.717, 1.165) is 11.8 Å². The Balaban J connectivity index is 2.29. The van der Waals surface area contributed by atoms with Crippen molar-refractivity contribution in [3.05, 3.63) is 23.8 Å². The minimum Gasteiger partial charge on any atom is -0.497 e. The zero-order valence-corrected chi connectivity index (χ0v) is 13.9. The zero-order valence-electron chi connectivity index (χ0n) is 13.1. The Morgan fingerprint density at radius 1 is 1.32 bits per heavy atom. The number of methoxy groups -OCH3 is 1. The van der Waals surface area contributed by atoms with Crippen LogP contribution in [0.1, 0.15) is 18.4 Å². The van der Waals surface area contributed by atoms with Gasteiger partial charge in [-0.3, -0.25) is 4.79 Å². The van der Waals surface area contributed by atoms with Gasteiger partial charge in [0, 0.05) is 11.9 Å². The molecule has 0 radical (unpaired) electrons. The lowest BCUT2D eigenvalue weighted by atomic mass is 9.95. The van der Waals surface area contributed by atoms with Crippen LogP contribution in [0.4, 0.5) is 5.69 Å². The third kappa shape index (κ3) is 3.10. The number of hydrogen-bond acceptors (Lipinski definition) is 5. The van der Waals surface area contributed by atoms with Gasteiger partial charge in [0.2, 0.25) is 5.91 Å². The van der Waals surface area contributed by atoms with E-state index in [2.05, 4.69) is 10.6 Å². The Kier molecular flexibility index (Phi) is 4.77. The van der Waals surface area contributed by atoms with E-state index >= 15 is 0 Å². The third-order valence-electron chi connectivity index (χ3n) is 4.22. The third-order valence-corrected chi connectivity index (χ3v) is 6.23. The fourth-order valence-electron chi connectivity index (χ4n) is 2.74. The van der Waals surface area contributed by atoms with E-state index in [1.807, 2.05) is 6.92 Å².